The number of carbonyl (C=O) groups is 1. The Kier molecular flexibility index (Phi) is 5.62. The first kappa shape index (κ1) is 15.5. The Morgan fingerprint density at radius 3 is 2.65 bits per heavy atom. The van der Waals surface area contributed by atoms with Crippen LogP contribution in [0.15, 0.2) is 24.3 Å². The van der Waals surface area contributed by atoms with E-state index in [4.69, 9.17) is 11.6 Å². The van der Waals surface area contributed by atoms with Gasteiger partial charge in [0.15, 0.2) is 5.78 Å². The molecular weight excluding hydrogens is 270 g/mol. The summed E-state index contributed by atoms with van der Waals surface area (Å²) in [6, 6.07) is 7.76. The van der Waals surface area contributed by atoms with Gasteiger partial charge in [-0.1, -0.05) is 31.4 Å². The molecule has 0 amide bonds. The zero-order chi connectivity index (χ0) is 14.5. The van der Waals surface area contributed by atoms with Gasteiger partial charge in [0.25, 0.3) is 0 Å². The van der Waals surface area contributed by atoms with Crippen LogP contribution in [0.3, 0.4) is 0 Å². The molecule has 1 fully saturated rings. The Balaban J connectivity index is 2.13. The molecule has 2 nitrogen and oxygen atoms in total. The van der Waals surface area contributed by atoms with Gasteiger partial charge in [0.2, 0.25) is 0 Å². The Morgan fingerprint density at radius 1 is 1.30 bits per heavy atom. The van der Waals surface area contributed by atoms with E-state index in [0.717, 1.165) is 18.5 Å². The van der Waals surface area contributed by atoms with E-state index in [1.807, 2.05) is 19.1 Å². The molecule has 2 atom stereocenters. The predicted molar refractivity (Wildman–Crippen MR) is 84.5 cm³/mol. The number of ketones is 1. The highest BCUT2D eigenvalue weighted by Crippen LogP contribution is 2.23. The summed E-state index contributed by atoms with van der Waals surface area (Å²) in [5, 5.41) is 0.676. The standard InChI is InChI=1S/C17H24ClNO/c1-3-16-7-5-4-6-12-19(16)13(2)17(20)14-8-10-15(18)11-9-14/h8-11,13,16H,3-7,12H2,1-2H3. The van der Waals surface area contributed by atoms with Gasteiger partial charge in [0.1, 0.15) is 0 Å². The van der Waals surface area contributed by atoms with Gasteiger partial charge in [-0.05, 0) is 57.0 Å². The highest BCUT2D eigenvalue weighted by Gasteiger charge is 2.28. The Morgan fingerprint density at radius 2 is 2.00 bits per heavy atom. The summed E-state index contributed by atoms with van der Waals surface area (Å²) in [6.07, 6.45) is 6.12. The summed E-state index contributed by atoms with van der Waals surface area (Å²) in [4.78, 5) is 15.1. The third kappa shape index (κ3) is 3.62. The summed E-state index contributed by atoms with van der Waals surface area (Å²) in [7, 11) is 0. The topological polar surface area (TPSA) is 20.3 Å². The maximum Gasteiger partial charge on any atom is 0.179 e. The van der Waals surface area contributed by atoms with Crippen molar-refractivity contribution in [2.75, 3.05) is 6.54 Å². The summed E-state index contributed by atoms with van der Waals surface area (Å²) in [5.74, 6) is 0.210. The third-order valence-corrected chi connectivity index (χ3v) is 4.65. The van der Waals surface area contributed by atoms with Crippen molar-refractivity contribution in [2.45, 2.75) is 58.0 Å². The monoisotopic (exact) mass is 293 g/mol. The molecule has 1 aromatic rings. The van der Waals surface area contributed by atoms with Crippen molar-refractivity contribution in [3.63, 3.8) is 0 Å². The zero-order valence-corrected chi connectivity index (χ0v) is 13.2. The van der Waals surface area contributed by atoms with Gasteiger partial charge >= 0.3 is 0 Å². The number of carbonyl (C=O) groups excluding carboxylic acids is 1. The lowest BCUT2D eigenvalue weighted by Crippen LogP contribution is -2.45. The minimum atomic E-state index is -0.0424. The van der Waals surface area contributed by atoms with Crippen molar-refractivity contribution >= 4 is 17.4 Å². The highest BCUT2D eigenvalue weighted by atomic mass is 35.5. The minimum absolute atomic E-state index is 0.0424. The van der Waals surface area contributed by atoms with Crippen molar-refractivity contribution in [1.29, 1.82) is 0 Å². The second kappa shape index (κ2) is 7.24. The lowest BCUT2D eigenvalue weighted by atomic mass is 10.0. The van der Waals surface area contributed by atoms with Crippen LogP contribution in [-0.4, -0.2) is 29.3 Å². The number of nitrogens with zero attached hydrogens (tertiary/aromatic N) is 1. The summed E-state index contributed by atoms with van der Waals surface area (Å²) >= 11 is 5.89. The molecular formula is C17H24ClNO. The Hall–Kier alpha value is -0.860. The minimum Gasteiger partial charge on any atom is -0.292 e. The zero-order valence-electron chi connectivity index (χ0n) is 12.4. The molecule has 0 N–H and O–H groups in total. The number of hydrogen-bond acceptors (Lipinski definition) is 2. The maximum atomic E-state index is 12.6. The van der Waals surface area contributed by atoms with Crippen LogP contribution in [0, 0.1) is 0 Å². The van der Waals surface area contributed by atoms with E-state index < -0.39 is 0 Å². The van der Waals surface area contributed by atoms with E-state index in [-0.39, 0.29) is 11.8 Å². The molecule has 0 bridgehead atoms. The van der Waals surface area contributed by atoms with Crippen LogP contribution < -0.4 is 0 Å². The van der Waals surface area contributed by atoms with E-state index in [0.29, 0.717) is 11.1 Å². The van der Waals surface area contributed by atoms with Gasteiger partial charge in [-0.3, -0.25) is 9.69 Å². The molecule has 0 radical (unpaired) electrons. The van der Waals surface area contributed by atoms with Gasteiger partial charge in [-0.25, -0.2) is 0 Å². The molecule has 1 aromatic carbocycles. The molecule has 1 saturated heterocycles. The number of halogens is 1. The molecule has 0 saturated carbocycles. The average molecular weight is 294 g/mol. The van der Waals surface area contributed by atoms with Crippen molar-refractivity contribution < 1.29 is 4.79 Å². The van der Waals surface area contributed by atoms with Crippen molar-refractivity contribution in [3.8, 4) is 0 Å². The molecule has 1 aliphatic rings. The molecule has 2 unspecified atom stereocenters. The van der Waals surface area contributed by atoms with Crippen molar-refractivity contribution in [3.05, 3.63) is 34.9 Å². The van der Waals surface area contributed by atoms with Crippen LogP contribution in [0.4, 0.5) is 0 Å². The number of rotatable bonds is 4. The van der Waals surface area contributed by atoms with E-state index in [2.05, 4.69) is 11.8 Å². The quantitative estimate of drug-likeness (QED) is 0.758. The van der Waals surface area contributed by atoms with Crippen LogP contribution >= 0.6 is 11.6 Å². The van der Waals surface area contributed by atoms with E-state index in [9.17, 15) is 4.79 Å². The number of benzene rings is 1. The van der Waals surface area contributed by atoms with Gasteiger partial charge in [-0.15, -0.1) is 0 Å². The van der Waals surface area contributed by atoms with Crippen LogP contribution in [0.25, 0.3) is 0 Å². The van der Waals surface area contributed by atoms with E-state index >= 15 is 0 Å². The lowest BCUT2D eigenvalue weighted by Gasteiger charge is -2.33. The third-order valence-electron chi connectivity index (χ3n) is 4.40. The number of likely N-dealkylation sites (tertiary alicyclic amines) is 1. The second-order valence-corrected chi connectivity index (χ2v) is 6.13. The molecule has 110 valence electrons. The van der Waals surface area contributed by atoms with Crippen LogP contribution in [0.2, 0.25) is 5.02 Å². The van der Waals surface area contributed by atoms with Crippen LogP contribution in [0.1, 0.15) is 56.3 Å². The van der Waals surface area contributed by atoms with E-state index in [1.165, 1.54) is 25.7 Å². The lowest BCUT2D eigenvalue weighted by molar-refractivity contribution is 0.0758. The fourth-order valence-electron chi connectivity index (χ4n) is 3.15. The first-order chi connectivity index (χ1) is 9.63. The fraction of sp³-hybridized carbons (Fsp3) is 0.588. The van der Waals surface area contributed by atoms with Crippen molar-refractivity contribution in [2.24, 2.45) is 0 Å². The maximum absolute atomic E-state index is 12.6. The molecule has 1 heterocycles. The van der Waals surface area contributed by atoms with Gasteiger partial charge in [0.05, 0.1) is 6.04 Å². The summed E-state index contributed by atoms with van der Waals surface area (Å²) < 4.78 is 0. The number of Topliss-reactive ketones (excluding diaryl/α,β-unsaturated/α-hetero) is 1. The normalized spacial score (nSPS) is 22.2. The highest BCUT2D eigenvalue weighted by molar-refractivity contribution is 6.30. The Bertz CT molecular complexity index is 443. The molecule has 0 aromatic heterocycles. The molecule has 2 rings (SSSR count). The predicted octanol–water partition coefficient (Wildman–Crippen LogP) is 4.57. The molecule has 0 aliphatic carbocycles. The first-order valence-corrected chi connectivity index (χ1v) is 8.06. The Labute approximate surface area is 127 Å². The average Bonchev–Trinajstić information content (AvgIpc) is 2.71. The smallest absolute Gasteiger partial charge is 0.179 e. The molecule has 0 spiro atoms. The van der Waals surface area contributed by atoms with Gasteiger partial charge < -0.3 is 0 Å². The van der Waals surface area contributed by atoms with Crippen LogP contribution in [0.5, 0.6) is 0 Å². The van der Waals surface area contributed by atoms with Crippen LogP contribution in [-0.2, 0) is 0 Å². The molecule has 3 heteroatoms. The number of hydrogen-bond donors (Lipinski definition) is 0. The van der Waals surface area contributed by atoms with Gasteiger partial charge in [-0.2, -0.15) is 0 Å². The second-order valence-electron chi connectivity index (χ2n) is 5.70. The summed E-state index contributed by atoms with van der Waals surface area (Å²) in [5.41, 5.74) is 0.765. The van der Waals surface area contributed by atoms with Gasteiger partial charge in [0, 0.05) is 16.6 Å². The largest absolute Gasteiger partial charge is 0.292 e. The fourth-order valence-corrected chi connectivity index (χ4v) is 3.28. The van der Waals surface area contributed by atoms with E-state index in [1.54, 1.807) is 12.1 Å². The molecule has 1 aliphatic heterocycles. The summed E-state index contributed by atoms with van der Waals surface area (Å²) in [6.45, 7) is 5.31. The molecule has 20 heavy (non-hydrogen) atoms. The van der Waals surface area contributed by atoms with Crippen molar-refractivity contribution in [1.82, 2.24) is 4.90 Å². The SMILES string of the molecule is CCC1CCCCCN1C(C)C(=O)c1ccc(Cl)cc1. The first-order valence-electron chi connectivity index (χ1n) is 7.69.